The molecule has 0 saturated heterocycles. The van der Waals surface area contributed by atoms with Gasteiger partial charge in [-0.2, -0.15) is 5.26 Å². The molecule has 140 valence electrons. The average Bonchev–Trinajstić information content (AvgIpc) is 2.97. The Kier molecular flexibility index (Phi) is 5.03. The van der Waals surface area contributed by atoms with Gasteiger partial charge in [-0.05, 0) is 42.2 Å². The van der Waals surface area contributed by atoms with Crippen LogP contribution in [0.2, 0.25) is 0 Å². The van der Waals surface area contributed by atoms with Crippen molar-refractivity contribution in [3.8, 4) is 6.07 Å². The van der Waals surface area contributed by atoms with Crippen LogP contribution in [0.5, 0.6) is 0 Å². The number of anilines is 1. The molecule has 1 N–H and O–H groups in total. The van der Waals surface area contributed by atoms with Crippen molar-refractivity contribution in [3.05, 3.63) is 55.9 Å². The zero-order valence-corrected chi connectivity index (χ0v) is 16.4. The molecule has 1 atom stereocenters. The van der Waals surface area contributed by atoms with E-state index >= 15 is 0 Å². The normalized spacial score (nSPS) is 16.3. The van der Waals surface area contributed by atoms with Crippen molar-refractivity contribution in [2.45, 2.75) is 40.0 Å². The molecule has 7 heteroatoms. The van der Waals surface area contributed by atoms with Gasteiger partial charge < -0.3 is 5.32 Å². The number of nitro benzene ring substituents is 1. The third-order valence-corrected chi connectivity index (χ3v) is 6.32. The van der Waals surface area contributed by atoms with Crippen molar-refractivity contribution < 1.29 is 9.72 Å². The Morgan fingerprint density at radius 2 is 2.15 bits per heavy atom. The number of benzene rings is 1. The molecule has 0 aliphatic heterocycles. The molecule has 1 aromatic heterocycles. The van der Waals surface area contributed by atoms with Crippen LogP contribution in [-0.2, 0) is 12.8 Å². The van der Waals surface area contributed by atoms with E-state index in [9.17, 15) is 20.2 Å². The molecule has 2 aromatic rings. The Morgan fingerprint density at radius 3 is 2.78 bits per heavy atom. The molecular weight excluding hydrogens is 362 g/mol. The number of rotatable bonds is 3. The summed E-state index contributed by atoms with van der Waals surface area (Å²) in [5.41, 5.74) is 1.83. The molecule has 0 radical (unpaired) electrons. The fraction of sp³-hybridized carbons (Fsp3) is 0.400. The minimum atomic E-state index is -0.534. The summed E-state index contributed by atoms with van der Waals surface area (Å²) in [6.45, 7) is 6.69. The van der Waals surface area contributed by atoms with Gasteiger partial charge in [0.1, 0.15) is 11.1 Å². The summed E-state index contributed by atoms with van der Waals surface area (Å²) in [7, 11) is 0. The maximum atomic E-state index is 12.6. The third kappa shape index (κ3) is 3.86. The molecular formula is C20H21N3O3S. The van der Waals surface area contributed by atoms with Gasteiger partial charge in [-0.1, -0.05) is 26.8 Å². The largest absolute Gasteiger partial charge is 0.312 e. The van der Waals surface area contributed by atoms with Gasteiger partial charge in [0.25, 0.3) is 11.6 Å². The lowest BCUT2D eigenvalue weighted by molar-refractivity contribution is -0.384. The van der Waals surface area contributed by atoms with Gasteiger partial charge in [0.15, 0.2) is 0 Å². The second kappa shape index (κ2) is 7.12. The highest BCUT2D eigenvalue weighted by molar-refractivity contribution is 7.16. The van der Waals surface area contributed by atoms with Gasteiger partial charge in [0.2, 0.25) is 0 Å². The lowest BCUT2D eigenvalue weighted by Gasteiger charge is -2.33. The highest BCUT2D eigenvalue weighted by Gasteiger charge is 2.32. The van der Waals surface area contributed by atoms with Crippen molar-refractivity contribution in [3.63, 3.8) is 0 Å². The molecule has 1 amide bonds. The standard InChI is InChI=1S/C20H21N3O3S/c1-20(2,3)13-7-8-15-16(11-21)19(27-17(15)10-13)22-18(24)12-5-4-6-14(9-12)23(25)26/h4-6,9,13H,7-8,10H2,1-3H3,(H,22,24). The highest BCUT2D eigenvalue weighted by atomic mass is 32.1. The topological polar surface area (TPSA) is 96.0 Å². The molecule has 1 aromatic carbocycles. The predicted octanol–water partition coefficient (Wildman–Crippen LogP) is 4.93. The van der Waals surface area contributed by atoms with Crippen molar-refractivity contribution in [2.75, 3.05) is 5.32 Å². The highest BCUT2D eigenvalue weighted by Crippen LogP contribution is 2.44. The molecule has 1 unspecified atom stereocenters. The summed E-state index contributed by atoms with van der Waals surface area (Å²) >= 11 is 1.45. The van der Waals surface area contributed by atoms with E-state index in [0.717, 1.165) is 29.7 Å². The van der Waals surface area contributed by atoms with Crippen LogP contribution in [0.3, 0.4) is 0 Å². The minimum Gasteiger partial charge on any atom is -0.312 e. The predicted molar refractivity (Wildman–Crippen MR) is 105 cm³/mol. The molecule has 0 saturated carbocycles. The van der Waals surface area contributed by atoms with Crippen molar-refractivity contribution in [1.82, 2.24) is 0 Å². The number of amides is 1. The van der Waals surface area contributed by atoms with E-state index in [0.29, 0.717) is 16.5 Å². The van der Waals surface area contributed by atoms with Crippen molar-refractivity contribution >= 4 is 27.9 Å². The number of carbonyl (C=O) groups excluding carboxylic acids is 1. The van der Waals surface area contributed by atoms with Crippen LogP contribution in [0.1, 0.15) is 53.6 Å². The molecule has 1 aliphatic carbocycles. The van der Waals surface area contributed by atoms with E-state index < -0.39 is 10.8 Å². The number of nitrogens with zero attached hydrogens (tertiary/aromatic N) is 2. The van der Waals surface area contributed by atoms with E-state index in [1.807, 2.05) is 0 Å². The minimum absolute atomic E-state index is 0.137. The van der Waals surface area contributed by atoms with Crippen LogP contribution in [0.25, 0.3) is 0 Å². The Bertz CT molecular complexity index is 950. The van der Waals surface area contributed by atoms with Crippen LogP contribution < -0.4 is 5.32 Å². The van der Waals surface area contributed by atoms with Gasteiger partial charge in [0, 0.05) is 22.6 Å². The maximum absolute atomic E-state index is 12.6. The van der Waals surface area contributed by atoms with Crippen molar-refractivity contribution in [1.29, 1.82) is 5.26 Å². The van der Waals surface area contributed by atoms with Crippen LogP contribution in [0.4, 0.5) is 10.7 Å². The average molecular weight is 383 g/mol. The number of thiophene rings is 1. The Morgan fingerprint density at radius 1 is 1.41 bits per heavy atom. The number of fused-ring (bicyclic) bond motifs is 1. The number of hydrogen-bond acceptors (Lipinski definition) is 5. The molecule has 6 nitrogen and oxygen atoms in total. The number of hydrogen-bond donors (Lipinski definition) is 1. The van der Waals surface area contributed by atoms with Gasteiger partial charge in [-0.3, -0.25) is 14.9 Å². The summed E-state index contributed by atoms with van der Waals surface area (Å²) in [5, 5.41) is 23.8. The number of nitro groups is 1. The first kappa shape index (κ1) is 19.1. The van der Waals surface area contributed by atoms with Gasteiger partial charge in [-0.25, -0.2) is 0 Å². The summed E-state index contributed by atoms with van der Waals surface area (Å²) in [6.07, 6.45) is 2.77. The number of carbonyl (C=O) groups is 1. The fourth-order valence-corrected chi connectivity index (χ4v) is 4.74. The molecule has 1 heterocycles. The number of nitrogens with one attached hydrogen (secondary N) is 1. The zero-order chi connectivity index (χ0) is 19.8. The molecule has 1 aliphatic rings. The molecule has 0 spiro atoms. The number of nitriles is 1. The Labute approximate surface area is 162 Å². The Balaban J connectivity index is 1.87. The molecule has 0 fully saturated rings. The first-order valence-electron chi connectivity index (χ1n) is 8.81. The SMILES string of the molecule is CC(C)(C)C1CCc2c(sc(NC(=O)c3cccc([N+](=O)[O-])c3)c2C#N)C1. The first-order valence-corrected chi connectivity index (χ1v) is 9.62. The smallest absolute Gasteiger partial charge is 0.270 e. The van der Waals surface area contributed by atoms with E-state index in [2.05, 4.69) is 32.2 Å². The van der Waals surface area contributed by atoms with E-state index in [4.69, 9.17) is 0 Å². The lowest BCUT2D eigenvalue weighted by atomic mass is 9.72. The first-order chi connectivity index (χ1) is 12.7. The van der Waals surface area contributed by atoms with Gasteiger partial charge in [0.05, 0.1) is 10.5 Å². The van der Waals surface area contributed by atoms with Crippen LogP contribution in [0.15, 0.2) is 24.3 Å². The van der Waals surface area contributed by atoms with Gasteiger partial charge in [-0.15, -0.1) is 11.3 Å². The van der Waals surface area contributed by atoms with E-state index in [1.165, 1.54) is 35.6 Å². The zero-order valence-electron chi connectivity index (χ0n) is 15.5. The van der Waals surface area contributed by atoms with E-state index in [1.54, 1.807) is 0 Å². The van der Waals surface area contributed by atoms with E-state index in [-0.39, 0.29) is 16.7 Å². The van der Waals surface area contributed by atoms with Crippen LogP contribution >= 0.6 is 11.3 Å². The molecule has 0 bridgehead atoms. The summed E-state index contributed by atoms with van der Waals surface area (Å²) < 4.78 is 0. The van der Waals surface area contributed by atoms with Gasteiger partial charge >= 0.3 is 0 Å². The quantitative estimate of drug-likeness (QED) is 0.600. The summed E-state index contributed by atoms with van der Waals surface area (Å²) in [5.74, 6) is 0.0942. The van der Waals surface area contributed by atoms with Crippen molar-refractivity contribution in [2.24, 2.45) is 11.3 Å². The summed E-state index contributed by atoms with van der Waals surface area (Å²) in [6, 6.07) is 7.82. The lowest BCUT2D eigenvalue weighted by Crippen LogP contribution is -2.26. The third-order valence-electron chi connectivity index (χ3n) is 5.15. The number of non-ortho nitro benzene ring substituents is 1. The molecule has 3 rings (SSSR count). The Hall–Kier alpha value is -2.72. The monoisotopic (exact) mass is 383 g/mol. The second-order valence-electron chi connectivity index (χ2n) is 7.89. The fourth-order valence-electron chi connectivity index (χ4n) is 3.47. The van der Waals surface area contributed by atoms with Crippen LogP contribution in [-0.4, -0.2) is 10.8 Å². The summed E-state index contributed by atoms with van der Waals surface area (Å²) in [4.78, 5) is 24.1. The van der Waals surface area contributed by atoms with Crippen LogP contribution in [0, 0.1) is 32.8 Å². The molecule has 27 heavy (non-hydrogen) atoms. The maximum Gasteiger partial charge on any atom is 0.270 e. The second-order valence-corrected chi connectivity index (χ2v) is 8.99.